The average molecular weight is 328 g/mol. The van der Waals surface area contributed by atoms with Gasteiger partial charge >= 0.3 is 0 Å². The third kappa shape index (κ3) is 4.04. The summed E-state index contributed by atoms with van der Waals surface area (Å²) in [5.41, 5.74) is 2.09. The fraction of sp³-hybridized carbons (Fsp3) is 0.368. The number of methoxy groups -OCH3 is 1. The lowest BCUT2D eigenvalue weighted by Gasteiger charge is -2.21. The number of pyridine rings is 1. The molecule has 0 saturated carbocycles. The van der Waals surface area contributed by atoms with Gasteiger partial charge in [0.1, 0.15) is 11.3 Å². The van der Waals surface area contributed by atoms with Crippen molar-refractivity contribution in [2.45, 2.75) is 33.1 Å². The highest BCUT2D eigenvalue weighted by atomic mass is 16.5. The van der Waals surface area contributed by atoms with Crippen molar-refractivity contribution in [2.75, 3.05) is 19.0 Å². The van der Waals surface area contributed by atoms with Crippen LogP contribution in [-0.4, -0.2) is 24.6 Å². The molecule has 0 bridgehead atoms. The van der Waals surface area contributed by atoms with Gasteiger partial charge in [0.25, 0.3) is 5.91 Å². The van der Waals surface area contributed by atoms with E-state index in [4.69, 9.17) is 9.47 Å². The third-order valence-electron chi connectivity index (χ3n) is 3.61. The van der Waals surface area contributed by atoms with Crippen molar-refractivity contribution in [1.29, 1.82) is 0 Å². The van der Waals surface area contributed by atoms with Crippen LogP contribution in [0.25, 0.3) is 0 Å². The zero-order valence-electron chi connectivity index (χ0n) is 14.8. The first-order chi connectivity index (χ1) is 11.4. The topological polar surface area (TPSA) is 60.5 Å². The summed E-state index contributed by atoms with van der Waals surface area (Å²) < 4.78 is 10.8. The van der Waals surface area contributed by atoms with Crippen molar-refractivity contribution in [3.05, 3.63) is 47.7 Å². The van der Waals surface area contributed by atoms with Crippen LogP contribution in [0.1, 0.15) is 43.6 Å². The lowest BCUT2D eigenvalue weighted by atomic mass is 9.87. The monoisotopic (exact) mass is 328 g/mol. The summed E-state index contributed by atoms with van der Waals surface area (Å²) in [7, 11) is 1.58. The van der Waals surface area contributed by atoms with Crippen LogP contribution in [0.15, 0.2) is 36.5 Å². The Balaban J connectivity index is 2.35. The van der Waals surface area contributed by atoms with Gasteiger partial charge in [-0.05, 0) is 42.2 Å². The van der Waals surface area contributed by atoms with E-state index >= 15 is 0 Å². The second-order valence-electron chi connectivity index (χ2n) is 6.41. The van der Waals surface area contributed by atoms with Gasteiger partial charge in [-0.25, -0.2) is 4.98 Å². The number of nitrogens with zero attached hydrogens (tertiary/aromatic N) is 1. The molecule has 0 fully saturated rings. The van der Waals surface area contributed by atoms with Gasteiger partial charge in [-0.15, -0.1) is 0 Å². The summed E-state index contributed by atoms with van der Waals surface area (Å²) in [6.45, 7) is 8.66. The van der Waals surface area contributed by atoms with Crippen molar-refractivity contribution in [3.8, 4) is 11.6 Å². The van der Waals surface area contributed by atoms with Crippen molar-refractivity contribution in [2.24, 2.45) is 0 Å². The van der Waals surface area contributed by atoms with Gasteiger partial charge < -0.3 is 14.8 Å². The first-order valence-corrected chi connectivity index (χ1v) is 7.94. The average Bonchev–Trinajstić information content (AvgIpc) is 2.54. The van der Waals surface area contributed by atoms with E-state index in [2.05, 4.69) is 31.1 Å². The largest absolute Gasteiger partial charge is 0.495 e. The maximum absolute atomic E-state index is 12.7. The molecule has 24 heavy (non-hydrogen) atoms. The van der Waals surface area contributed by atoms with Gasteiger partial charge in [-0.1, -0.05) is 26.8 Å². The van der Waals surface area contributed by atoms with Crippen molar-refractivity contribution < 1.29 is 14.3 Å². The van der Waals surface area contributed by atoms with Crippen LogP contribution in [0.4, 0.5) is 5.69 Å². The number of hydrogen-bond donors (Lipinski definition) is 1. The molecule has 128 valence electrons. The Bertz CT molecular complexity index is 721. The van der Waals surface area contributed by atoms with Crippen LogP contribution in [0.3, 0.4) is 0 Å². The SMILES string of the molecule is CCOc1ncccc1C(=O)Nc1cc(C(C)(C)C)ccc1OC. The van der Waals surface area contributed by atoms with E-state index < -0.39 is 0 Å². The first kappa shape index (κ1) is 17.8. The Morgan fingerprint density at radius 3 is 2.62 bits per heavy atom. The van der Waals surface area contributed by atoms with Gasteiger partial charge in [0.2, 0.25) is 5.88 Å². The number of carbonyl (C=O) groups is 1. The zero-order chi connectivity index (χ0) is 17.7. The molecule has 1 aromatic carbocycles. The van der Waals surface area contributed by atoms with E-state index in [9.17, 15) is 4.79 Å². The summed E-state index contributed by atoms with van der Waals surface area (Å²) in [5, 5.41) is 2.91. The highest BCUT2D eigenvalue weighted by Gasteiger charge is 2.19. The van der Waals surface area contributed by atoms with Crippen LogP contribution in [-0.2, 0) is 5.41 Å². The number of anilines is 1. The minimum Gasteiger partial charge on any atom is -0.495 e. The summed E-state index contributed by atoms with van der Waals surface area (Å²) >= 11 is 0. The molecule has 0 unspecified atom stereocenters. The molecule has 5 heteroatoms. The van der Waals surface area contributed by atoms with Gasteiger partial charge in [0.05, 0.1) is 19.4 Å². The number of ether oxygens (including phenoxy) is 2. The number of nitrogens with one attached hydrogen (secondary N) is 1. The quantitative estimate of drug-likeness (QED) is 0.900. The van der Waals surface area contributed by atoms with Gasteiger partial charge in [-0.2, -0.15) is 0 Å². The highest BCUT2D eigenvalue weighted by molar-refractivity contribution is 6.06. The molecule has 1 amide bonds. The van der Waals surface area contributed by atoms with E-state index in [-0.39, 0.29) is 11.3 Å². The Labute approximate surface area is 143 Å². The maximum atomic E-state index is 12.7. The fourth-order valence-electron chi connectivity index (χ4n) is 2.28. The van der Waals surface area contributed by atoms with Crippen LogP contribution >= 0.6 is 0 Å². The van der Waals surface area contributed by atoms with Gasteiger partial charge in [-0.3, -0.25) is 4.79 Å². The molecule has 0 atom stereocenters. The van der Waals surface area contributed by atoms with Gasteiger partial charge in [0, 0.05) is 6.20 Å². The summed E-state index contributed by atoms with van der Waals surface area (Å²) in [4.78, 5) is 16.8. The number of aromatic nitrogens is 1. The molecular weight excluding hydrogens is 304 g/mol. The van der Waals surface area contributed by atoms with Crippen LogP contribution in [0.2, 0.25) is 0 Å². The number of hydrogen-bond acceptors (Lipinski definition) is 4. The number of amides is 1. The second-order valence-corrected chi connectivity index (χ2v) is 6.41. The normalized spacial score (nSPS) is 11.0. The predicted octanol–water partition coefficient (Wildman–Crippen LogP) is 4.04. The van der Waals surface area contributed by atoms with E-state index in [1.54, 1.807) is 25.4 Å². The molecule has 2 aromatic rings. The molecule has 0 saturated heterocycles. The molecule has 1 N–H and O–H groups in total. The number of carbonyl (C=O) groups excluding carboxylic acids is 1. The molecule has 0 radical (unpaired) electrons. The molecule has 2 rings (SSSR count). The van der Waals surface area contributed by atoms with Crippen LogP contribution < -0.4 is 14.8 Å². The maximum Gasteiger partial charge on any atom is 0.261 e. The van der Waals surface area contributed by atoms with Crippen molar-refractivity contribution >= 4 is 11.6 Å². The third-order valence-corrected chi connectivity index (χ3v) is 3.61. The molecule has 5 nitrogen and oxygen atoms in total. The zero-order valence-corrected chi connectivity index (χ0v) is 14.8. The first-order valence-electron chi connectivity index (χ1n) is 7.94. The van der Waals surface area contributed by atoms with Crippen molar-refractivity contribution in [3.63, 3.8) is 0 Å². The Morgan fingerprint density at radius 1 is 1.25 bits per heavy atom. The fourth-order valence-corrected chi connectivity index (χ4v) is 2.28. The number of benzene rings is 1. The minimum atomic E-state index is -0.282. The smallest absolute Gasteiger partial charge is 0.261 e. The molecule has 0 aliphatic heterocycles. The number of rotatable bonds is 5. The highest BCUT2D eigenvalue weighted by Crippen LogP contribution is 2.32. The molecule has 1 aromatic heterocycles. The van der Waals surface area contributed by atoms with E-state index in [0.29, 0.717) is 29.5 Å². The molecular formula is C19H24N2O3. The summed E-state index contributed by atoms with van der Waals surface area (Å²) in [6, 6.07) is 9.20. The standard InChI is InChI=1S/C19H24N2O3/c1-6-24-18-14(8-7-11-20-18)17(22)21-15-12-13(19(2,3)4)9-10-16(15)23-5/h7-12H,6H2,1-5H3,(H,21,22). The van der Waals surface area contributed by atoms with Crippen molar-refractivity contribution in [1.82, 2.24) is 4.98 Å². The molecule has 1 heterocycles. The van der Waals surface area contributed by atoms with Crippen LogP contribution in [0, 0.1) is 0 Å². The van der Waals surface area contributed by atoms with E-state index in [0.717, 1.165) is 5.56 Å². The summed E-state index contributed by atoms with van der Waals surface area (Å²) in [5.74, 6) is 0.651. The second kappa shape index (κ2) is 7.34. The van der Waals surface area contributed by atoms with E-state index in [1.165, 1.54) is 0 Å². The summed E-state index contributed by atoms with van der Waals surface area (Å²) in [6.07, 6.45) is 1.60. The molecule has 0 aliphatic carbocycles. The Kier molecular flexibility index (Phi) is 5.44. The van der Waals surface area contributed by atoms with Gasteiger partial charge in [0.15, 0.2) is 0 Å². The van der Waals surface area contributed by atoms with E-state index in [1.807, 2.05) is 25.1 Å². The minimum absolute atomic E-state index is 0.0312. The molecule has 0 aliphatic rings. The Hall–Kier alpha value is -2.56. The van der Waals surface area contributed by atoms with Crippen LogP contribution in [0.5, 0.6) is 11.6 Å². The lowest BCUT2D eigenvalue weighted by Crippen LogP contribution is -2.17. The Morgan fingerprint density at radius 2 is 2.00 bits per heavy atom. The lowest BCUT2D eigenvalue weighted by molar-refractivity contribution is 0.102. The predicted molar refractivity (Wildman–Crippen MR) is 95.1 cm³/mol. The molecule has 0 spiro atoms.